The molecule has 0 bridgehead atoms. The third-order valence-corrected chi connectivity index (χ3v) is 6.36. The Morgan fingerprint density at radius 2 is 2.00 bits per heavy atom. The van der Waals surface area contributed by atoms with Gasteiger partial charge in [0.05, 0.1) is 24.9 Å². The number of aromatic nitrogens is 4. The van der Waals surface area contributed by atoms with Gasteiger partial charge in [-0.3, -0.25) is 14.1 Å². The summed E-state index contributed by atoms with van der Waals surface area (Å²) in [4.78, 5) is 28.6. The first kappa shape index (κ1) is 23.3. The molecule has 0 spiro atoms. The van der Waals surface area contributed by atoms with Crippen molar-refractivity contribution in [3.63, 3.8) is 0 Å². The average molecular weight is 482 g/mol. The Kier molecular flexibility index (Phi) is 6.52. The van der Waals surface area contributed by atoms with Crippen LogP contribution in [0.4, 0.5) is 11.8 Å². The number of benzene rings is 1. The van der Waals surface area contributed by atoms with Crippen molar-refractivity contribution in [2.75, 3.05) is 37.8 Å². The van der Waals surface area contributed by atoms with Crippen molar-refractivity contribution in [3.05, 3.63) is 66.1 Å². The lowest BCUT2D eigenvalue weighted by Gasteiger charge is -2.11. The van der Waals surface area contributed by atoms with Gasteiger partial charge in [-0.1, -0.05) is 18.1 Å². The van der Waals surface area contributed by atoms with E-state index < -0.39 is 0 Å². The molecule has 4 heterocycles. The van der Waals surface area contributed by atoms with Crippen LogP contribution in [0.15, 0.2) is 54.9 Å². The van der Waals surface area contributed by atoms with E-state index in [2.05, 4.69) is 32.0 Å². The topological polar surface area (TPSA) is 111 Å². The van der Waals surface area contributed by atoms with Gasteiger partial charge in [0, 0.05) is 42.0 Å². The number of carbonyl (C=O) groups is 1. The predicted molar refractivity (Wildman–Crippen MR) is 139 cm³/mol. The fourth-order valence-corrected chi connectivity index (χ4v) is 4.53. The van der Waals surface area contributed by atoms with Gasteiger partial charge in [-0.25, -0.2) is 15.0 Å². The average Bonchev–Trinajstić information content (AvgIpc) is 3.53. The van der Waals surface area contributed by atoms with Crippen LogP contribution in [0.1, 0.15) is 35.3 Å². The van der Waals surface area contributed by atoms with Crippen molar-refractivity contribution in [2.24, 2.45) is 0 Å². The van der Waals surface area contributed by atoms with E-state index in [9.17, 15) is 4.79 Å². The zero-order valence-electron chi connectivity index (χ0n) is 20.2. The van der Waals surface area contributed by atoms with Crippen molar-refractivity contribution >= 4 is 23.2 Å². The van der Waals surface area contributed by atoms with Crippen molar-refractivity contribution in [1.82, 2.24) is 24.3 Å². The summed E-state index contributed by atoms with van der Waals surface area (Å²) >= 11 is 0. The van der Waals surface area contributed by atoms with Gasteiger partial charge in [0.1, 0.15) is 17.4 Å². The van der Waals surface area contributed by atoms with Gasteiger partial charge in [0.15, 0.2) is 0 Å². The van der Waals surface area contributed by atoms with Gasteiger partial charge in [-0.2, -0.15) is 0 Å². The summed E-state index contributed by atoms with van der Waals surface area (Å²) in [6.07, 6.45) is 4.31. The maximum atomic E-state index is 12.8. The first-order valence-corrected chi connectivity index (χ1v) is 11.7. The zero-order valence-corrected chi connectivity index (χ0v) is 20.2. The van der Waals surface area contributed by atoms with E-state index in [4.69, 9.17) is 15.5 Å². The molecule has 5 rings (SSSR count). The molecule has 3 aromatic heterocycles. The van der Waals surface area contributed by atoms with E-state index in [1.54, 1.807) is 43.8 Å². The monoisotopic (exact) mass is 481 g/mol. The number of likely N-dealkylation sites (tertiary alicyclic amines) is 1. The van der Waals surface area contributed by atoms with Crippen molar-refractivity contribution < 1.29 is 9.53 Å². The Morgan fingerprint density at radius 1 is 1.19 bits per heavy atom. The van der Waals surface area contributed by atoms with E-state index in [1.165, 1.54) is 0 Å². The number of nitrogens with one attached hydrogen (secondary N) is 1. The lowest BCUT2D eigenvalue weighted by atomic mass is 10.0. The number of methoxy groups -OCH3 is 1. The highest BCUT2D eigenvalue weighted by atomic mass is 16.5. The molecule has 9 nitrogen and oxygen atoms in total. The number of nitrogens with two attached hydrogens (primary N) is 1. The Balaban J connectivity index is 1.42. The second-order valence-electron chi connectivity index (χ2n) is 8.60. The number of pyridine rings is 1. The summed E-state index contributed by atoms with van der Waals surface area (Å²) in [5, 5.41) is 2.80. The molecular weight excluding hydrogens is 454 g/mol. The molecule has 0 saturated carbocycles. The number of hydrogen-bond acceptors (Lipinski definition) is 7. The van der Waals surface area contributed by atoms with Crippen LogP contribution in [0.3, 0.4) is 0 Å². The molecule has 1 fully saturated rings. The molecule has 0 aliphatic carbocycles. The van der Waals surface area contributed by atoms with Gasteiger partial charge in [0.2, 0.25) is 5.95 Å². The Morgan fingerprint density at radius 3 is 2.78 bits per heavy atom. The largest absolute Gasteiger partial charge is 0.497 e. The smallest absolute Gasteiger partial charge is 0.256 e. The number of fused-ring (bicyclic) bond motifs is 1. The summed E-state index contributed by atoms with van der Waals surface area (Å²) in [5.74, 6) is 8.26. The number of carbonyl (C=O) groups excluding carboxylic acids is 1. The van der Waals surface area contributed by atoms with Crippen LogP contribution in [0, 0.1) is 11.8 Å². The number of amides is 1. The molecule has 1 atom stereocenters. The van der Waals surface area contributed by atoms with Crippen molar-refractivity contribution in [2.45, 2.75) is 19.3 Å². The molecule has 1 saturated heterocycles. The van der Waals surface area contributed by atoms with Gasteiger partial charge in [0.25, 0.3) is 5.91 Å². The maximum Gasteiger partial charge on any atom is 0.256 e. The van der Waals surface area contributed by atoms with E-state index in [0.29, 0.717) is 28.9 Å². The summed E-state index contributed by atoms with van der Waals surface area (Å²) in [7, 11) is 1.57. The molecule has 182 valence electrons. The molecule has 0 radical (unpaired) electrons. The first-order chi connectivity index (χ1) is 17.6. The molecule has 1 unspecified atom stereocenters. The summed E-state index contributed by atoms with van der Waals surface area (Å²) in [6.45, 7) is 4.52. The first-order valence-electron chi connectivity index (χ1n) is 11.7. The predicted octanol–water partition coefficient (Wildman–Crippen LogP) is 3.45. The number of rotatable bonds is 6. The standard InChI is InChI=1S/C27H27N7O2/c1-3-4-14-33-15-11-20(17-33)24-22-10-13-30-27(28)34(22)25(32-24)18-5-7-19(8-6-18)26(35)31-23-16-21(36-2)9-12-29-23/h5-10,12-13,16,20H,11,14-15,17H2,1-2H3,(H2,28,30)(H,29,31,35). The SMILES string of the molecule is CC#CCN1CCC(c2nc(-c3ccc(C(=O)Nc4cc(OC)ccn4)cc3)n3c(N)nccc23)C1. The fraction of sp³-hybridized carbons (Fsp3) is 0.259. The van der Waals surface area contributed by atoms with Crippen molar-refractivity contribution in [1.29, 1.82) is 0 Å². The van der Waals surface area contributed by atoms with Gasteiger partial charge in [-0.15, -0.1) is 5.92 Å². The quantitative estimate of drug-likeness (QED) is 0.406. The Labute approximate surface area is 209 Å². The number of anilines is 2. The van der Waals surface area contributed by atoms with Crippen LogP contribution in [0.5, 0.6) is 5.75 Å². The van der Waals surface area contributed by atoms with E-state index in [-0.39, 0.29) is 11.8 Å². The highest BCUT2D eigenvalue weighted by molar-refractivity contribution is 6.04. The van der Waals surface area contributed by atoms with Crippen LogP contribution in [-0.4, -0.2) is 56.9 Å². The summed E-state index contributed by atoms with van der Waals surface area (Å²) in [6, 6.07) is 12.6. The Hall–Kier alpha value is -4.42. The number of hydrogen-bond donors (Lipinski definition) is 2. The normalized spacial score (nSPS) is 15.4. The number of imidazole rings is 1. The molecular formula is C27H27N7O2. The third-order valence-electron chi connectivity index (χ3n) is 6.36. The molecule has 1 amide bonds. The van der Waals surface area contributed by atoms with Gasteiger partial charge >= 0.3 is 0 Å². The van der Waals surface area contributed by atoms with Crippen molar-refractivity contribution in [3.8, 4) is 29.0 Å². The van der Waals surface area contributed by atoms with Crippen LogP contribution < -0.4 is 15.8 Å². The van der Waals surface area contributed by atoms with E-state index in [1.807, 2.05) is 29.5 Å². The lowest BCUT2D eigenvalue weighted by molar-refractivity contribution is 0.102. The van der Waals surface area contributed by atoms with E-state index >= 15 is 0 Å². The highest BCUT2D eigenvalue weighted by Crippen LogP contribution is 2.33. The summed E-state index contributed by atoms with van der Waals surface area (Å²) in [5.41, 5.74) is 9.60. The van der Waals surface area contributed by atoms with Crippen LogP contribution in [-0.2, 0) is 0 Å². The molecule has 4 aromatic rings. The molecule has 1 aromatic carbocycles. The van der Waals surface area contributed by atoms with Crippen LogP contribution >= 0.6 is 0 Å². The highest BCUT2D eigenvalue weighted by Gasteiger charge is 2.28. The zero-order chi connectivity index (χ0) is 25.1. The third kappa shape index (κ3) is 4.59. The number of nitrogen functional groups attached to an aromatic ring is 1. The van der Waals surface area contributed by atoms with Crippen LogP contribution in [0.2, 0.25) is 0 Å². The molecule has 1 aliphatic heterocycles. The molecule has 1 aliphatic rings. The van der Waals surface area contributed by atoms with Gasteiger partial charge in [-0.05, 0) is 44.2 Å². The van der Waals surface area contributed by atoms with E-state index in [0.717, 1.165) is 42.8 Å². The maximum absolute atomic E-state index is 12.8. The lowest BCUT2D eigenvalue weighted by Crippen LogP contribution is -2.20. The van der Waals surface area contributed by atoms with Crippen LogP contribution in [0.25, 0.3) is 16.9 Å². The fourth-order valence-electron chi connectivity index (χ4n) is 4.53. The minimum atomic E-state index is -0.265. The number of nitrogens with zero attached hydrogens (tertiary/aromatic N) is 5. The molecule has 9 heteroatoms. The minimum Gasteiger partial charge on any atom is -0.497 e. The minimum absolute atomic E-state index is 0.265. The second-order valence-corrected chi connectivity index (χ2v) is 8.60. The number of ether oxygens (including phenoxy) is 1. The molecule has 3 N–H and O–H groups in total. The van der Waals surface area contributed by atoms with Gasteiger partial charge < -0.3 is 15.8 Å². The second kappa shape index (κ2) is 10.1. The Bertz CT molecular complexity index is 1470. The summed E-state index contributed by atoms with van der Waals surface area (Å²) < 4.78 is 7.08. The molecule has 36 heavy (non-hydrogen) atoms.